The summed E-state index contributed by atoms with van der Waals surface area (Å²) < 4.78 is 16.0. The monoisotopic (exact) mass is 558 g/mol. The van der Waals surface area contributed by atoms with E-state index >= 15 is 0 Å². The molecule has 0 unspecified atom stereocenters. The standard InChI is InChI=1S/C33H54N2O5/c1-5-6-7-8-9-10-11-12-13-14-15-16-17-18-19-20-21-22-23-24-31(36)34-25-27-38-29-30-39-28-26-35-32(37)40-33(2,3)4/h6-7,9-10,12-13,15-16,18-19,21-22H,5,8,11,14,17,20,23-30H2,1-4H3,(H,34,36)(H,35,37)/b7-6-,10-9-,13-12-,16-15-,19-18-,22-21-. The van der Waals surface area contributed by atoms with Crippen molar-refractivity contribution in [3.8, 4) is 0 Å². The highest BCUT2D eigenvalue weighted by Crippen LogP contribution is 2.06. The van der Waals surface area contributed by atoms with Gasteiger partial charge < -0.3 is 24.8 Å². The van der Waals surface area contributed by atoms with Gasteiger partial charge in [-0.2, -0.15) is 0 Å². The molecule has 0 aliphatic carbocycles. The summed E-state index contributed by atoms with van der Waals surface area (Å²) in [5.41, 5.74) is -0.512. The minimum Gasteiger partial charge on any atom is -0.444 e. The van der Waals surface area contributed by atoms with Crippen molar-refractivity contribution in [2.75, 3.05) is 39.5 Å². The number of alkyl carbamates (subject to hydrolysis) is 1. The summed E-state index contributed by atoms with van der Waals surface area (Å²) in [7, 11) is 0. The summed E-state index contributed by atoms with van der Waals surface area (Å²) in [5, 5.41) is 5.48. The third-order valence-corrected chi connectivity index (χ3v) is 4.99. The van der Waals surface area contributed by atoms with Gasteiger partial charge >= 0.3 is 6.09 Å². The molecule has 2 N–H and O–H groups in total. The second-order valence-corrected chi connectivity index (χ2v) is 9.96. The van der Waals surface area contributed by atoms with Crippen LogP contribution in [0.2, 0.25) is 0 Å². The minimum absolute atomic E-state index is 0.0209. The first-order valence-corrected chi connectivity index (χ1v) is 14.6. The van der Waals surface area contributed by atoms with E-state index in [2.05, 4.69) is 84.4 Å². The highest BCUT2D eigenvalue weighted by atomic mass is 16.6. The van der Waals surface area contributed by atoms with Gasteiger partial charge in [0.1, 0.15) is 5.60 Å². The smallest absolute Gasteiger partial charge is 0.407 e. The van der Waals surface area contributed by atoms with Gasteiger partial charge in [-0.25, -0.2) is 4.79 Å². The van der Waals surface area contributed by atoms with E-state index in [9.17, 15) is 9.59 Å². The van der Waals surface area contributed by atoms with Crippen molar-refractivity contribution < 1.29 is 23.8 Å². The topological polar surface area (TPSA) is 85.9 Å². The Morgan fingerprint density at radius 3 is 1.48 bits per heavy atom. The molecule has 0 radical (unpaired) electrons. The highest BCUT2D eigenvalue weighted by molar-refractivity contribution is 5.75. The quantitative estimate of drug-likeness (QED) is 0.103. The van der Waals surface area contributed by atoms with Crippen LogP contribution in [-0.4, -0.2) is 57.1 Å². The van der Waals surface area contributed by atoms with Crippen LogP contribution in [0.3, 0.4) is 0 Å². The van der Waals surface area contributed by atoms with Crippen molar-refractivity contribution in [1.29, 1.82) is 0 Å². The molecule has 0 saturated heterocycles. The van der Waals surface area contributed by atoms with Crippen LogP contribution in [0.5, 0.6) is 0 Å². The molecule has 0 saturated carbocycles. The largest absolute Gasteiger partial charge is 0.444 e. The van der Waals surface area contributed by atoms with Crippen molar-refractivity contribution in [2.45, 2.75) is 84.7 Å². The summed E-state index contributed by atoms with van der Waals surface area (Å²) in [5.74, 6) is 0.0209. The predicted molar refractivity (Wildman–Crippen MR) is 166 cm³/mol. The van der Waals surface area contributed by atoms with E-state index in [1.807, 2.05) is 26.8 Å². The van der Waals surface area contributed by atoms with Crippen LogP contribution in [0.25, 0.3) is 0 Å². The van der Waals surface area contributed by atoms with E-state index < -0.39 is 11.7 Å². The number of amides is 2. The SMILES string of the molecule is CC/C=C\C/C=C\C/C=C\C/C=C\C/C=C\C/C=C\CCC(=O)NCCOCCOCCNC(=O)OC(C)(C)C. The van der Waals surface area contributed by atoms with Gasteiger partial charge in [0.25, 0.3) is 0 Å². The zero-order valence-corrected chi connectivity index (χ0v) is 25.4. The van der Waals surface area contributed by atoms with Gasteiger partial charge in [0.05, 0.1) is 26.4 Å². The third kappa shape index (κ3) is 31.3. The first-order chi connectivity index (χ1) is 19.3. The van der Waals surface area contributed by atoms with Gasteiger partial charge in [0, 0.05) is 19.5 Å². The molecule has 7 nitrogen and oxygen atoms in total. The molecule has 0 atom stereocenters. The summed E-state index contributed by atoms with van der Waals surface area (Å²) in [6, 6.07) is 0. The molecular weight excluding hydrogens is 504 g/mol. The Labute approximate surface area is 243 Å². The number of nitrogens with one attached hydrogen (secondary N) is 2. The molecule has 0 heterocycles. The van der Waals surface area contributed by atoms with Gasteiger partial charge in [-0.3, -0.25) is 4.79 Å². The molecule has 40 heavy (non-hydrogen) atoms. The lowest BCUT2D eigenvalue weighted by molar-refractivity contribution is -0.121. The number of carbonyl (C=O) groups is 2. The molecule has 0 aliphatic heterocycles. The Morgan fingerprint density at radius 2 is 1.02 bits per heavy atom. The van der Waals surface area contributed by atoms with Crippen LogP contribution in [0.1, 0.15) is 79.1 Å². The minimum atomic E-state index is -0.512. The Hall–Kier alpha value is -2.90. The third-order valence-electron chi connectivity index (χ3n) is 4.99. The van der Waals surface area contributed by atoms with E-state index in [1.165, 1.54) is 0 Å². The average Bonchev–Trinajstić information content (AvgIpc) is 2.90. The number of hydrogen-bond acceptors (Lipinski definition) is 5. The summed E-state index contributed by atoms with van der Waals surface area (Å²) in [4.78, 5) is 23.4. The van der Waals surface area contributed by atoms with Gasteiger partial charge in [0.2, 0.25) is 5.91 Å². The van der Waals surface area contributed by atoms with Gasteiger partial charge in [-0.05, 0) is 65.7 Å². The first-order valence-electron chi connectivity index (χ1n) is 14.6. The molecule has 0 spiro atoms. The molecule has 0 aliphatic rings. The van der Waals surface area contributed by atoms with Crippen LogP contribution < -0.4 is 10.6 Å². The van der Waals surface area contributed by atoms with Crippen molar-refractivity contribution >= 4 is 12.0 Å². The second kappa shape index (κ2) is 27.7. The summed E-state index contributed by atoms with van der Waals surface area (Å²) in [6.45, 7) is 10.1. The van der Waals surface area contributed by atoms with Crippen LogP contribution in [0.15, 0.2) is 72.9 Å². The summed E-state index contributed by atoms with van der Waals surface area (Å²) in [6.07, 6.45) is 32.7. The molecule has 0 bridgehead atoms. The van der Waals surface area contributed by atoms with Gasteiger partial charge in [0.15, 0.2) is 0 Å². The fourth-order valence-electron chi connectivity index (χ4n) is 3.07. The normalized spacial score (nSPS) is 12.7. The Bertz CT molecular complexity index is 804. The van der Waals surface area contributed by atoms with E-state index in [0.717, 1.165) is 44.9 Å². The van der Waals surface area contributed by atoms with Crippen LogP contribution >= 0.6 is 0 Å². The number of rotatable bonds is 23. The first kappa shape index (κ1) is 37.1. The number of allylic oxidation sites excluding steroid dienone is 12. The maximum Gasteiger partial charge on any atom is 0.407 e. The maximum absolute atomic E-state index is 11.9. The van der Waals surface area contributed by atoms with Crippen molar-refractivity contribution in [3.63, 3.8) is 0 Å². The molecular formula is C33H54N2O5. The number of ether oxygens (including phenoxy) is 3. The van der Waals surface area contributed by atoms with E-state index in [-0.39, 0.29) is 5.91 Å². The lowest BCUT2D eigenvalue weighted by Gasteiger charge is -2.19. The van der Waals surface area contributed by atoms with E-state index in [1.54, 1.807) is 0 Å². The molecule has 0 fully saturated rings. The molecule has 0 aromatic heterocycles. The average molecular weight is 559 g/mol. The zero-order chi connectivity index (χ0) is 29.6. The lowest BCUT2D eigenvalue weighted by Crippen LogP contribution is -2.34. The van der Waals surface area contributed by atoms with Crippen molar-refractivity contribution in [3.05, 3.63) is 72.9 Å². The van der Waals surface area contributed by atoms with Crippen molar-refractivity contribution in [2.24, 2.45) is 0 Å². The van der Waals surface area contributed by atoms with Crippen LogP contribution in [0.4, 0.5) is 4.79 Å². The fourth-order valence-corrected chi connectivity index (χ4v) is 3.07. The zero-order valence-electron chi connectivity index (χ0n) is 25.4. The molecule has 2 amide bonds. The van der Waals surface area contributed by atoms with Crippen LogP contribution in [-0.2, 0) is 19.0 Å². The number of hydrogen-bond donors (Lipinski definition) is 2. The maximum atomic E-state index is 11.9. The second-order valence-electron chi connectivity index (χ2n) is 9.96. The number of carbonyl (C=O) groups excluding carboxylic acids is 2. The molecule has 226 valence electrons. The molecule has 0 aromatic carbocycles. The predicted octanol–water partition coefficient (Wildman–Crippen LogP) is 7.14. The van der Waals surface area contributed by atoms with Gasteiger partial charge in [-0.15, -0.1) is 0 Å². The Morgan fingerprint density at radius 1 is 0.600 bits per heavy atom. The highest BCUT2D eigenvalue weighted by Gasteiger charge is 2.15. The lowest BCUT2D eigenvalue weighted by atomic mass is 10.2. The van der Waals surface area contributed by atoms with Crippen LogP contribution in [0, 0.1) is 0 Å². The van der Waals surface area contributed by atoms with E-state index in [4.69, 9.17) is 14.2 Å². The summed E-state index contributed by atoms with van der Waals surface area (Å²) >= 11 is 0. The van der Waals surface area contributed by atoms with Crippen molar-refractivity contribution in [1.82, 2.24) is 10.6 Å². The Balaban J connectivity index is 3.52. The Kier molecular flexibility index (Phi) is 25.7. The van der Waals surface area contributed by atoms with E-state index in [0.29, 0.717) is 45.9 Å². The molecule has 0 rings (SSSR count). The fraction of sp³-hybridized carbons (Fsp3) is 0.576. The molecule has 7 heteroatoms. The molecule has 0 aromatic rings. The van der Waals surface area contributed by atoms with Gasteiger partial charge in [-0.1, -0.05) is 79.8 Å².